The molecule has 71 heavy (non-hydrogen) atoms. The molecular formula is C65H124O6. The van der Waals surface area contributed by atoms with Gasteiger partial charge in [-0.15, -0.1) is 0 Å². The molecule has 1 atom stereocenters. The Morgan fingerprint density at radius 3 is 0.873 bits per heavy atom. The summed E-state index contributed by atoms with van der Waals surface area (Å²) in [5.41, 5.74) is -1.12. The first-order valence-electron chi connectivity index (χ1n) is 32.3. The van der Waals surface area contributed by atoms with Gasteiger partial charge in [0.1, 0.15) is 13.2 Å². The summed E-state index contributed by atoms with van der Waals surface area (Å²) >= 11 is 0. The van der Waals surface area contributed by atoms with Crippen LogP contribution >= 0.6 is 0 Å². The van der Waals surface area contributed by atoms with Crippen LogP contribution in [0.1, 0.15) is 354 Å². The van der Waals surface area contributed by atoms with E-state index in [9.17, 15) is 19.8 Å². The molecule has 6 heteroatoms. The van der Waals surface area contributed by atoms with Crippen molar-refractivity contribution in [1.82, 2.24) is 0 Å². The van der Waals surface area contributed by atoms with Gasteiger partial charge in [0.05, 0.1) is 31.0 Å². The Kier molecular flexibility index (Phi) is 52.2. The average Bonchev–Trinajstić information content (AvgIpc) is 3.44. The largest absolute Gasteiger partial charge is 0.465 e. The summed E-state index contributed by atoms with van der Waals surface area (Å²) in [6.45, 7) is 1.21. The number of allylic oxidation sites excluding steroid dienone is 2. The van der Waals surface area contributed by atoms with Crippen molar-refractivity contribution in [2.75, 3.05) is 26.4 Å². The van der Waals surface area contributed by atoms with Crippen LogP contribution in [-0.2, 0) is 19.1 Å². The van der Waals surface area contributed by atoms with E-state index in [2.05, 4.69) is 19.1 Å². The molecule has 0 aromatic rings. The van der Waals surface area contributed by atoms with Gasteiger partial charge in [-0.2, -0.15) is 0 Å². The monoisotopic (exact) mass is 1000 g/mol. The molecule has 0 aliphatic carbocycles. The minimum Gasteiger partial charge on any atom is -0.465 e. The SMILES string of the molecule is CCCCCCCCCCCCCCCCCCC/C=C/CCCCCCCCCCCCCCCCCCCCCCCCCCCCCCCCCCCC1CC(=O)OCC(CO)(CO)COC1=O. The Balaban J connectivity index is 1.68. The molecule has 0 bridgehead atoms. The molecule has 1 unspecified atom stereocenters. The first-order chi connectivity index (χ1) is 35.1. The van der Waals surface area contributed by atoms with Crippen LogP contribution in [-0.4, -0.2) is 48.6 Å². The Bertz CT molecular complexity index is 1120. The van der Waals surface area contributed by atoms with Gasteiger partial charge in [0.2, 0.25) is 0 Å². The maximum absolute atomic E-state index is 12.5. The molecule has 1 fully saturated rings. The second-order valence-electron chi connectivity index (χ2n) is 23.1. The highest BCUT2D eigenvalue weighted by atomic mass is 16.6. The van der Waals surface area contributed by atoms with Gasteiger partial charge in [0.25, 0.3) is 0 Å². The molecule has 0 spiro atoms. The van der Waals surface area contributed by atoms with E-state index in [-0.39, 0.29) is 19.6 Å². The van der Waals surface area contributed by atoms with Gasteiger partial charge < -0.3 is 19.7 Å². The predicted molar refractivity (Wildman–Crippen MR) is 306 cm³/mol. The van der Waals surface area contributed by atoms with Gasteiger partial charge in [-0.1, -0.05) is 327 Å². The first-order valence-corrected chi connectivity index (χ1v) is 32.3. The second-order valence-corrected chi connectivity index (χ2v) is 23.1. The molecule has 0 aromatic heterocycles. The minimum absolute atomic E-state index is 0.00490. The van der Waals surface area contributed by atoms with E-state index in [0.29, 0.717) is 6.42 Å². The maximum atomic E-state index is 12.5. The van der Waals surface area contributed by atoms with Crippen LogP contribution in [0.4, 0.5) is 0 Å². The lowest BCUT2D eigenvalue weighted by molar-refractivity contribution is -0.155. The number of hydrogen-bond acceptors (Lipinski definition) is 6. The molecule has 1 aliphatic rings. The van der Waals surface area contributed by atoms with E-state index < -0.39 is 36.5 Å². The molecule has 0 saturated carbocycles. The van der Waals surface area contributed by atoms with Crippen molar-refractivity contribution in [2.24, 2.45) is 11.3 Å². The van der Waals surface area contributed by atoms with Gasteiger partial charge in [0.15, 0.2) is 0 Å². The topological polar surface area (TPSA) is 93.1 Å². The highest BCUT2D eigenvalue weighted by Gasteiger charge is 2.36. The minimum atomic E-state index is -1.12. The molecule has 1 saturated heterocycles. The number of ether oxygens (including phenoxy) is 2. The predicted octanol–water partition coefficient (Wildman–Crippen LogP) is 20.3. The maximum Gasteiger partial charge on any atom is 0.309 e. The van der Waals surface area contributed by atoms with Gasteiger partial charge in [0, 0.05) is 0 Å². The molecule has 1 heterocycles. The second kappa shape index (κ2) is 54.8. The molecule has 0 radical (unpaired) electrons. The van der Waals surface area contributed by atoms with Gasteiger partial charge in [-0.25, -0.2) is 0 Å². The zero-order chi connectivity index (χ0) is 51.1. The quantitative estimate of drug-likeness (QED) is 0.0358. The Morgan fingerprint density at radius 1 is 0.366 bits per heavy atom. The lowest BCUT2D eigenvalue weighted by Crippen LogP contribution is -2.40. The summed E-state index contributed by atoms with van der Waals surface area (Å²) < 4.78 is 10.6. The lowest BCUT2D eigenvalue weighted by Gasteiger charge is -2.27. The van der Waals surface area contributed by atoms with Crippen LogP contribution in [0.3, 0.4) is 0 Å². The number of cyclic esters (lactones) is 2. The number of rotatable bonds is 56. The van der Waals surface area contributed by atoms with Crippen LogP contribution in [0.15, 0.2) is 12.2 Å². The smallest absolute Gasteiger partial charge is 0.309 e. The van der Waals surface area contributed by atoms with Crippen LogP contribution in [0.25, 0.3) is 0 Å². The third-order valence-electron chi connectivity index (χ3n) is 16.0. The summed E-state index contributed by atoms with van der Waals surface area (Å²) in [5, 5.41) is 19.2. The van der Waals surface area contributed by atoms with Crippen molar-refractivity contribution in [2.45, 2.75) is 354 Å². The normalized spacial score (nSPS) is 15.3. The Hall–Kier alpha value is -1.40. The highest BCUT2D eigenvalue weighted by Crippen LogP contribution is 2.25. The number of esters is 2. The number of carbonyl (C=O) groups is 2. The molecule has 420 valence electrons. The summed E-state index contributed by atoms with van der Waals surface area (Å²) in [5.74, 6) is -1.40. The fraction of sp³-hybridized carbons (Fsp3) is 0.938. The molecule has 6 nitrogen and oxygen atoms in total. The summed E-state index contributed by atoms with van der Waals surface area (Å²) in [7, 11) is 0. The van der Waals surface area contributed by atoms with Crippen LogP contribution in [0.5, 0.6) is 0 Å². The number of carbonyl (C=O) groups excluding carboxylic acids is 2. The van der Waals surface area contributed by atoms with Gasteiger partial charge in [-0.05, 0) is 32.1 Å². The van der Waals surface area contributed by atoms with E-state index in [0.717, 1.165) is 19.3 Å². The van der Waals surface area contributed by atoms with E-state index in [1.807, 2.05) is 0 Å². The molecule has 0 aromatic carbocycles. The van der Waals surface area contributed by atoms with E-state index in [4.69, 9.17) is 9.47 Å². The van der Waals surface area contributed by atoms with Crippen molar-refractivity contribution in [3.05, 3.63) is 12.2 Å². The number of aliphatic hydroxyl groups excluding tert-OH is 2. The zero-order valence-corrected chi connectivity index (χ0v) is 47.8. The van der Waals surface area contributed by atoms with Crippen LogP contribution in [0.2, 0.25) is 0 Å². The molecule has 0 amide bonds. The zero-order valence-electron chi connectivity index (χ0n) is 47.8. The number of unbranched alkanes of at least 4 members (excludes halogenated alkanes) is 50. The van der Waals surface area contributed by atoms with Crippen LogP contribution < -0.4 is 0 Å². The van der Waals surface area contributed by atoms with Crippen molar-refractivity contribution >= 4 is 11.9 Å². The van der Waals surface area contributed by atoms with Crippen LogP contribution in [0, 0.1) is 11.3 Å². The standard InChI is InChI=1S/C65H124O6/c1-2-3-4-5-6-7-8-9-10-11-12-13-14-15-16-17-18-19-20-21-22-23-24-25-26-27-28-29-30-31-32-33-34-35-36-37-38-39-40-41-42-43-44-45-46-47-48-49-50-51-52-53-54-55-56-62-57-63(68)70-60-65(58-66,59-67)61-71-64(62)69/h20-21,62,66-67H,2-19,22-61H2,1H3/b21-20+. The van der Waals surface area contributed by atoms with Crippen molar-refractivity contribution in [3.63, 3.8) is 0 Å². The lowest BCUT2D eigenvalue weighted by atomic mass is 9.92. The van der Waals surface area contributed by atoms with Crippen molar-refractivity contribution in [3.8, 4) is 0 Å². The number of hydrogen-bond donors (Lipinski definition) is 2. The third kappa shape index (κ3) is 46.8. The van der Waals surface area contributed by atoms with Crippen molar-refractivity contribution in [1.29, 1.82) is 0 Å². The Labute approximate surface area is 443 Å². The highest BCUT2D eigenvalue weighted by molar-refractivity contribution is 5.80. The third-order valence-corrected chi connectivity index (χ3v) is 16.0. The number of aliphatic hydroxyl groups is 2. The summed E-state index contributed by atoms with van der Waals surface area (Å²) in [4.78, 5) is 24.7. The first kappa shape index (κ1) is 67.6. The summed E-state index contributed by atoms with van der Waals surface area (Å²) in [6, 6.07) is 0. The molecule has 1 rings (SSSR count). The summed E-state index contributed by atoms with van der Waals surface area (Å²) in [6.07, 6.45) is 78.7. The van der Waals surface area contributed by atoms with E-state index in [1.54, 1.807) is 0 Å². The Morgan fingerprint density at radius 2 is 0.606 bits per heavy atom. The fourth-order valence-electron chi connectivity index (χ4n) is 10.8. The molecular weight excluding hydrogens is 877 g/mol. The van der Waals surface area contributed by atoms with Gasteiger partial charge >= 0.3 is 11.9 Å². The molecule has 2 N–H and O–H groups in total. The molecule has 1 aliphatic heterocycles. The van der Waals surface area contributed by atoms with Crippen molar-refractivity contribution < 1.29 is 29.3 Å². The average molecular weight is 1000 g/mol. The van der Waals surface area contributed by atoms with Gasteiger partial charge in [-0.3, -0.25) is 9.59 Å². The van der Waals surface area contributed by atoms with E-state index >= 15 is 0 Å². The van der Waals surface area contributed by atoms with E-state index in [1.165, 1.54) is 315 Å². The fourth-order valence-corrected chi connectivity index (χ4v) is 10.8.